The van der Waals surface area contributed by atoms with Gasteiger partial charge in [-0.05, 0) is 30.9 Å². The number of benzene rings is 1. The highest BCUT2D eigenvalue weighted by atomic mass is 19.1. The monoisotopic (exact) mass is 235 g/mol. The van der Waals surface area contributed by atoms with Crippen molar-refractivity contribution in [2.75, 3.05) is 6.54 Å². The van der Waals surface area contributed by atoms with Crippen molar-refractivity contribution >= 4 is 0 Å². The van der Waals surface area contributed by atoms with Crippen molar-refractivity contribution in [1.29, 1.82) is 0 Å². The Morgan fingerprint density at radius 1 is 1.35 bits per heavy atom. The topological polar surface area (TPSA) is 12.0 Å². The molecule has 0 aromatic heterocycles. The summed E-state index contributed by atoms with van der Waals surface area (Å²) >= 11 is 0. The molecule has 0 bridgehead atoms. The maximum atomic E-state index is 13.9. The molecule has 1 aliphatic rings. The molecule has 0 aliphatic heterocycles. The van der Waals surface area contributed by atoms with Crippen molar-refractivity contribution in [2.45, 2.75) is 39.2 Å². The van der Waals surface area contributed by atoms with Gasteiger partial charge in [-0.2, -0.15) is 0 Å². The van der Waals surface area contributed by atoms with Crippen LogP contribution in [0.25, 0.3) is 0 Å². The fourth-order valence-electron chi connectivity index (χ4n) is 3.11. The van der Waals surface area contributed by atoms with E-state index in [0.717, 1.165) is 12.1 Å². The highest BCUT2D eigenvalue weighted by Gasteiger charge is 2.32. The van der Waals surface area contributed by atoms with Gasteiger partial charge < -0.3 is 5.32 Å². The third-order valence-corrected chi connectivity index (χ3v) is 4.02. The number of rotatable bonds is 4. The average Bonchev–Trinajstić information content (AvgIpc) is 2.74. The minimum atomic E-state index is -0.0717. The van der Waals surface area contributed by atoms with E-state index in [0.29, 0.717) is 11.8 Å². The zero-order valence-corrected chi connectivity index (χ0v) is 10.7. The first-order valence-corrected chi connectivity index (χ1v) is 6.71. The molecular weight excluding hydrogens is 213 g/mol. The molecule has 1 saturated carbocycles. The Morgan fingerprint density at radius 3 is 2.71 bits per heavy atom. The zero-order chi connectivity index (χ0) is 12.3. The van der Waals surface area contributed by atoms with E-state index in [1.807, 2.05) is 12.1 Å². The summed E-state index contributed by atoms with van der Waals surface area (Å²) in [6, 6.07) is 7.37. The first kappa shape index (κ1) is 12.6. The van der Waals surface area contributed by atoms with Crippen molar-refractivity contribution in [3.8, 4) is 0 Å². The molecule has 17 heavy (non-hydrogen) atoms. The predicted octanol–water partition coefficient (Wildman–Crippen LogP) is 3.91. The number of nitrogens with one attached hydrogen (secondary N) is 1. The van der Waals surface area contributed by atoms with Gasteiger partial charge in [-0.25, -0.2) is 4.39 Å². The normalized spacial score (nSPS) is 26.1. The van der Waals surface area contributed by atoms with Gasteiger partial charge in [0.25, 0.3) is 0 Å². The largest absolute Gasteiger partial charge is 0.310 e. The van der Waals surface area contributed by atoms with Crippen LogP contribution in [0.2, 0.25) is 0 Å². The Bertz CT molecular complexity index is 364. The van der Waals surface area contributed by atoms with Gasteiger partial charge in [0, 0.05) is 11.6 Å². The van der Waals surface area contributed by atoms with Gasteiger partial charge >= 0.3 is 0 Å². The lowest BCUT2D eigenvalue weighted by Crippen LogP contribution is -2.30. The smallest absolute Gasteiger partial charge is 0.127 e. The van der Waals surface area contributed by atoms with E-state index in [-0.39, 0.29) is 11.9 Å². The fraction of sp³-hybridized carbons (Fsp3) is 0.600. The van der Waals surface area contributed by atoms with E-state index < -0.39 is 0 Å². The van der Waals surface area contributed by atoms with Crippen molar-refractivity contribution in [1.82, 2.24) is 5.32 Å². The molecule has 0 heterocycles. The van der Waals surface area contributed by atoms with Gasteiger partial charge in [-0.3, -0.25) is 0 Å². The summed E-state index contributed by atoms with van der Waals surface area (Å²) in [6.45, 7) is 5.28. The van der Waals surface area contributed by atoms with Crippen LogP contribution in [0.4, 0.5) is 4.39 Å². The van der Waals surface area contributed by atoms with Crippen LogP contribution in [0.3, 0.4) is 0 Å². The predicted molar refractivity (Wildman–Crippen MR) is 69.3 cm³/mol. The van der Waals surface area contributed by atoms with Crippen molar-refractivity contribution in [3.63, 3.8) is 0 Å². The Kier molecular flexibility index (Phi) is 4.16. The third-order valence-electron chi connectivity index (χ3n) is 4.02. The van der Waals surface area contributed by atoms with Crippen LogP contribution in [0.1, 0.15) is 44.7 Å². The van der Waals surface area contributed by atoms with E-state index in [1.54, 1.807) is 12.1 Å². The molecule has 2 heteroatoms. The molecule has 0 radical (unpaired) electrons. The van der Waals surface area contributed by atoms with Crippen LogP contribution in [-0.2, 0) is 0 Å². The molecule has 3 atom stereocenters. The van der Waals surface area contributed by atoms with E-state index in [9.17, 15) is 4.39 Å². The molecule has 1 aromatic carbocycles. The molecule has 0 amide bonds. The van der Waals surface area contributed by atoms with Crippen LogP contribution in [0.15, 0.2) is 24.3 Å². The lowest BCUT2D eigenvalue weighted by molar-refractivity contribution is 0.299. The molecular formula is C15H22FN. The number of hydrogen-bond donors (Lipinski definition) is 1. The highest BCUT2D eigenvalue weighted by Crippen LogP contribution is 2.40. The van der Waals surface area contributed by atoms with Crippen LogP contribution >= 0.6 is 0 Å². The first-order valence-electron chi connectivity index (χ1n) is 6.71. The highest BCUT2D eigenvalue weighted by molar-refractivity contribution is 5.22. The van der Waals surface area contributed by atoms with E-state index in [4.69, 9.17) is 0 Å². The zero-order valence-electron chi connectivity index (χ0n) is 10.7. The molecule has 0 spiro atoms. The van der Waals surface area contributed by atoms with Crippen molar-refractivity contribution in [3.05, 3.63) is 35.6 Å². The Balaban J connectivity index is 2.25. The minimum Gasteiger partial charge on any atom is -0.310 e. The van der Waals surface area contributed by atoms with E-state index in [2.05, 4.69) is 19.2 Å². The molecule has 1 aliphatic carbocycles. The second kappa shape index (κ2) is 5.63. The Labute approximate surface area is 103 Å². The van der Waals surface area contributed by atoms with Gasteiger partial charge in [0.15, 0.2) is 0 Å². The Morgan fingerprint density at radius 2 is 2.12 bits per heavy atom. The average molecular weight is 235 g/mol. The van der Waals surface area contributed by atoms with Gasteiger partial charge in [-0.15, -0.1) is 0 Å². The first-order chi connectivity index (χ1) is 8.24. The Hall–Kier alpha value is -0.890. The second-order valence-corrected chi connectivity index (χ2v) is 5.13. The van der Waals surface area contributed by atoms with Crippen LogP contribution in [0, 0.1) is 17.7 Å². The molecule has 1 N–H and O–H groups in total. The molecule has 1 fully saturated rings. The number of halogens is 1. The fourth-order valence-corrected chi connectivity index (χ4v) is 3.11. The molecule has 1 aromatic rings. The maximum absolute atomic E-state index is 13.9. The SMILES string of the molecule is CCNC(c1ccccc1F)C1CCCC1C. The van der Waals surface area contributed by atoms with Gasteiger partial charge in [0.2, 0.25) is 0 Å². The lowest BCUT2D eigenvalue weighted by Gasteiger charge is -2.28. The molecule has 2 rings (SSSR count). The maximum Gasteiger partial charge on any atom is 0.127 e. The molecule has 3 unspecified atom stereocenters. The number of hydrogen-bond acceptors (Lipinski definition) is 1. The summed E-state index contributed by atoms with van der Waals surface area (Å²) in [4.78, 5) is 0. The quantitative estimate of drug-likeness (QED) is 0.834. The summed E-state index contributed by atoms with van der Waals surface area (Å²) in [7, 11) is 0. The summed E-state index contributed by atoms with van der Waals surface area (Å²) < 4.78 is 13.9. The van der Waals surface area contributed by atoms with Gasteiger partial charge in [-0.1, -0.05) is 44.9 Å². The lowest BCUT2D eigenvalue weighted by atomic mass is 9.85. The van der Waals surface area contributed by atoms with E-state index in [1.165, 1.54) is 19.3 Å². The summed E-state index contributed by atoms with van der Waals surface area (Å²) in [6.07, 6.45) is 3.77. The minimum absolute atomic E-state index is 0.0717. The second-order valence-electron chi connectivity index (χ2n) is 5.13. The van der Waals surface area contributed by atoms with E-state index >= 15 is 0 Å². The third kappa shape index (κ3) is 2.68. The van der Waals surface area contributed by atoms with Crippen LogP contribution in [-0.4, -0.2) is 6.54 Å². The summed E-state index contributed by atoms with van der Waals surface area (Å²) in [5, 5.41) is 3.47. The summed E-state index contributed by atoms with van der Waals surface area (Å²) in [5.74, 6) is 1.20. The van der Waals surface area contributed by atoms with Crippen LogP contribution in [0.5, 0.6) is 0 Å². The standard InChI is InChI=1S/C15H22FN/c1-3-17-15(12-9-6-7-11(12)2)13-8-4-5-10-14(13)16/h4-5,8,10-12,15,17H,3,6-7,9H2,1-2H3. The van der Waals surface area contributed by atoms with Crippen molar-refractivity contribution in [2.24, 2.45) is 11.8 Å². The molecule has 94 valence electrons. The van der Waals surface area contributed by atoms with Gasteiger partial charge in [0.1, 0.15) is 5.82 Å². The van der Waals surface area contributed by atoms with Crippen molar-refractivity contribution < 1.29 is 4.39 Å². The molecule has 1 nitrogen and oxygen atoms in total. The van der Waals surface area contributed by atoms with Gasteiger partial charge in [0.05, 0.1) is 0 Å². The summed E-state index contributed by atoms with van der Waals surface area (Å²) in [5.41, 5.74) is 0.841. The van der Waals surface area contributed by atoms with Crippen LogP contribution < -0.4 is 5.32 Å². The molecule has 0 saturated heterocycles.